The van der Waals surface area contributed by atoms with E-state index >= 15 is 0 Å². The smallest absolute Gasteiger partial charge is 0.321 e. The summed E-state index contributed by atoms with van der Waals surface area (Å²) in [5.74, 6) is 0.905. The van der Waals surface area contributed by atoms with Crippen molar-refractivity contribution in [3.8, 4) is 11.5 Å². The highest BCUT2D eigenvalue weighted by atomic mass is 16.5. The van der Waals surface area contributed by atoms with E-state index in [2.05, 4.69) is 25.7 Å². The fourth-order valence-electron chi connectivity index (χ4n) is 7.24. The minimum atomic E-state index is -0.782. The molecule has 1 saturated carbocycles. The third-order valence-corrected chi connectivity index (χ3v) is 9.93. The number of allylic oxidation sites excluding steroid dienone is 1. The third-order valence-electron chi connectivity index (χ3n) is 9.93. The van der Waals surface area contributed by atoms with Gasteiger partial charge in [-0.25, -0.2) is 0 Å². The molecule has 7 nitrogen and oxygen atoms in total. The van der Waals surface area contributed by atoms with E-state index in [0.29, 0.717) is 49.3 Å². The van der Waals surface area contributed by atoms with Crippen molar-refractivity contribution in [2.45, 2.75) is 78.8 Å². The van der Waals surface area contributed by atoms with Crippen molar-refractivity contribution in [3.63, 3.8) is 0 Å². The van der Waals surface area contributed by atoms with Crippen LogP contribution in [0.2, 0.25) is 0 Å². The largest absolute Gasteiger partial charge is 0.488 e. The lowest BCUT2D eigenvalue weighted by molar-refractivity contribution is -0.142. The predicted octanol–water partition coefficient (Wildman–Crippen LogP) is 9.16. The molecule has 1 fully saturated rings. The van der Waals surface area contributed by atoms with Crippen LogP contribution in [0.25, 0.3) is 5.57 Å². The van der Waals surface area contributed by atoms with Crippen molar-refractivity contribution >= 4 is 17.4 Å². The van der Waals surface area contributed by atoms with Crippen LogP contribution in [0.3, 0.4) is 0 Å². The fraction of sp³-hybridized carbons (Fsp3) is 0.364. The van der Waals surface area contributed by atoms with Crippen molar-refractivity contribution < 1.29 is 24.2 Å². The molecule has 1 aliphatic rings. The summed E-state index contributed by atoms with van der Waals surface area (Å²) >= 11 is 0. The second-order valence-corrected chi connectivity index (χ2v) is 14.2. The zero-order valence-electron chi connectivity index (χ0n) is 30.4. The number of carbonyl (C=O) groups is 2. The zero-order valence-corrected chi connectivity index (χ0v) is 30.4. The van der Waals surface area contributed by atoms with Gasteiger partial charge in [0.25, 0.3) is 5.91 Å². The Kier molecular flexibility index (Phi) is 13.1. The molecule has 5 rings (SSSR count). The lowest BCUT2D eigenvalue weighted by Gasteiger charge is -2.33. The van der Waals surface area contributed by atoms with Gasteiger partial charge in [0.2, 0.25) is 0 Å². The van der Waals surface area contributed by atoms with Crippen LogP contribution >= 0.6 is 0 Å². The number of nitrogens with zero attached hydrogens (tertiary/aromatic N) is 1. The van der Waals surface area contributed by atoms with Gasteiger partial charge in [-0.3, -0.25) is 9.59 Å². The van der Waals surface area contributed by atoms with Crippen LogP contribution in [0.1, 0.15) is 84.6 Å². The molecule has 0 saturated heterocycles. The normalized spacial score (nSPS) is 14.2. The van der Waals surface area contributed by atoms with Crippen LogP contribution in [0.5, 0.6) is 11.5 Å². The van der Waals surface area contributed by atoms with E-state index in [1.54, 1.807) is 18.0 Å². The molecular formula is C44H52N2O5. The molecule has 0 aromatic heterocycles. The summed E-state index contributed by atoms with van der Waals surface area (Å²) in [7, 11) is 1.78. The number of benzene rings is 4. The van der Waals surface area contributed by atoms with Gasteiger partial charge in [-0.1, -0.05) is 131 Å². The number of hydrogen-bond donors (Lipinski definition) is 2. The number of rotatable bonds is 17. The number of nitrogens with one attached hydrogen (secondary N) is 1. The maximum atomic E-state index is 14.1. The van der Waals surface area contributed by atoms with Crippen molar-refractivity contribution in [3.05, 3.63) is 137 Å². The first-order valence-electron chi connectivity index (χ1n) is 18.1. The summed E-state index contributed by atoms with van der Waals surface area (Å²) < 4.78 is 12.6. The van der Waals surface area contributed by atoms with E-state index in [-0.39, 0.29) is 17.7 Å². The monoisotopic (exact) mass is 688 g/mol. The van der Waals surface area contributed by atoms with Gasteiger partial charge in [0.05, 0.1) is 5.56 Å². The molecule has 1 unspecified atom stereocenters. The number of amides is 1. The Bertz CT molecular complexity index is 1750. The Balaban J connectivity index is 1.30. The second kappa shape index (κ2) is 17.9. The van der Waals surface area contributed by atoms with Gasteiger partial charge in [-0.05, 0) is 58.6 Å². The Morgan fingerprint density at radius 3 is 1.84 bits per heavy atom. The van der Waals surface area contributed by atoms with Gasteiger partial charge in [0.1, 0.15) is 30.8 Å². The Hall–Kier alpha value is -4.88. The van der Waals surface area contributed by atoms with Crippen molar-refractivity contribution in [2.24, 2.45) is 17.8 Å². The molecule has 1 aliphatic carbocycles. The average Bonchev–Trinajstić information content (AvgIpc) is 3.66. The predicted molar refractivity (Wildman–Crippen MR) is 203 cm³/mol. The average molecular weight is 689 g/mol. The van der Waals surface area contributed by atoms with Gasteiger partial charge in [-0.15, -0.1) is 0 Å². The maximum Gasteiger partial charge on any atom is 0.321 e. The Labute approximate surface area is 303 Å². The first-order chi connectivity index (χ1) is 24.6. The maximum absolute atomic E-state index is 14.1. The van der Waals surface area contributed by atoms with Crippen molar-refractivity contribution in [1.82, 2.24) is 10.2 Å². The van der Waals surface area contributed by atoms with E-state index in [9.17, 15) is 14.7 Å². The van der Waals surface area contributed by atoms with Crippen molar-refractivity contribution in [1.29, 1.82) is 0 Å². The molecule has 4 aromatic carbocycles. The number of carboxylic acid groups (broad SMARTS) is 1. The fourth-order valence-corrected chi connectivity index (χ4v) is 7.24. The molecule has 0 spiro atoms. The SMILES string of the molecule is C=C(C)c1cc(C(=O)N(C)Cc2ccc(CN[C@@H](C(=O)O)C(C(C)C)C3CCCC3)cc2)c(OCc2ccccc2)cc1OCc1ccccc1. The van der Waals surface area contributed by atoms with Gasteiger partial charge in [0.15, 0.2) is 0 Å². The van der Waals surface area contributed by atoms with Crippen LogP contribution in [-0.4, -0.2) is 35.0 Å². The highest BCUT2D eigenvalue weighted by Crippen LogP contribution is 2.38. The van der Waals surface area contributed by atoms with E-state index < -0.39 is 12.0 Å². The first kappa shape index (κ1) is 37.4. The molecule has 268 valence electrons. The first-order valence-corrected chi connectivity index (χ1v) is 18.1. The molecule has 0 aliphatic heterocycles. The highest BCUT2D eigenvalue weighted by molar-refractivity contribution is 5.98. The Morgan fingerprint density at radius 1 is 0.804 bits per heavy atom. The molecule has 1 amide bonds. The molecule has 2 atom stereocenters. The van der Waals surface area contributed by atoms with Crippen LogP contribution in [0.4, 0.5) is 0 Å². The number of ether oxygens (including phenoxy) is 2. The lowest BCUT2D eigenvalue weighted by Crippen LogP contribution is -2.47. The molecule has 0 radical (unpaired) electrons. The van der Waals surface area contributed by atoms with E-state index in [1.165, 1.54) is 12.8 Å². The van der Waals surface area contributed by atoms with E-state index in [1.807, 2.05) is 97.9 Å². The molecular weight excluding hydrogens is 636 g/mol. The second-order valence-electron chi connectivity index (χ2n) is 14.2. The van der Waals surface area contributed by atoms with Gasteiger partial charge >= 0.3 is 5.97 Å². The number of carbonyl (C=O) groups excluding carboxylic acids is 1. The van der Waals surface area contributed by atoms with Crippen LogP contribution in [0, 0.1) is 17.8 Å². The molecule has 51 heavy (non-hydrogen) atoms. The van der Waals surface area contributed by atoms with Gasteiger partial charge in [-0.2, -0.15) is 0 Å². The summed E-state index contributed by atoms with van der Waals surface area (Å²) in [4.78, 5) is 28.1. The summed E-state index contributed by atoms with van der Waals surface area (Å²) in [6.45, 7) is 11.9. The van der Waals surface area contributed by atoms with Crippen LogP contribution < -0.4 is 14.8 Å². The van der Waals surface area contributed by atoms with E-state index in [4.69, 9.17) is 9.47 Å². The highest BCUT2D eigenvalue weighted by Gasteiger charge is 2.37. The third kappa shape index (κ3) is 10.1. The topological polar surface area (TPSA) is 88.1 Å². The van der Waals surface area contributed by atoms with Crippen molar-refractivity contribution in [2.75, 3.05) is 7.05 Å². The van der Waals surface area contributed by atoms with Crippen LogP contribution in [-0.2, 0) is 31.1 Å². The zero-order chi connectivity index (χ0) is 36.3. The number of aliphatic carboxylic acids is 1. The lowest BCUT2D eigenvalue weighted by atomic mass is 9.77. The summed E-state index contributed by atoms with van der Waals surface area (Å²) in [5, 5.41) is 13.5. The summed E-state index contributed by atoms with van der Waals surface area (Å²) in [6.07, 6.45) is 4.58. The molecule has 0 bridgehead atoms. The Morgan fingerprint density at radius 2 is 1.33 bits per heavy atom. The van der Waals surface area contributed by atoms with Crippen LogP contribution in [0.15, 0.2) is 104 Å². The molecule has 7 heteroatoms. The minimum absolute atomic E-state index is 0.0976. The number of hydrogen-bond acceptors (Lipinski definition) is 5. The quantitative estimate of drug-likeness (QED) is 0.115. The van der Waals surface area contributed by atoms with Gasteiger partial charge in [0, 0.05) is 31.8 Å². The van der Waals surface area contributed by atoms with Gasteiger partial charge < -0.3 is 24.8 Å². The summed E-state index contributed by atoms with van der Waals surface area (Å²) in [6, 6.07) is 30.8. The standard InChI is InChI=1S/C44H52N2O5/c1-30(2)37-24-38(40(51-29-35-16-10-7-11-17-35)25-39(37)50-28-34-14-8-6-9-15-34)43(47)46(5)27-33-22-20-32(21-23-33)26-45-42(44(48)49)41(31(3)4)36-18-12-13-19-36/h6-11,14-17,20-25,31,36,41-42,45H,1,12-13,18-19,26-29H2,2-5H3,(H,48,49)/t41?,42-/m1/s1. The minimum Gasteiger partial charge on any atom is -0.488 e. The molecule has 4 aromatic rings. The van der Waals surface area contributed by atoms with E-state index in [0.717, 1.165) is 46.2 Å². The molecule has 0 heterocycles. The number of carboxylic acids is 1. The summed E-state index contributed by atoms with van der Waals surface area (Å²) in [5.41, 5.74) is 5.94. The molecule has 2 N–H and O–H groups in total.